The van der Waals surface area contributed by atoms with Gasteiger partial charge in [-0.15, -0.1) is 7.92 Å². The first kappa shape index (κ1) is 21.9. The van der Waals surface area contributed by atoms with Crippen LogP contribution in [-0.4, -0.2) is 42.2 Å². The first-order valence-corrected chi connectivity index (χ1v) is 7.97. The predicted molar refractivity (Wildman–Crippen MR) is 85.9 cm³/mol. The van der Waals surface area contributed by atoms with Crippen LogP contribution in [0.5, 0.6) is 0 Å². The van der Waals surface area contributed by atoms with E-state index in [1.807, 2.05) is 0 Å². The molecule has 0 aliphatic carbocycles. The molecule has 0 aliphatic rings. The minimum atomic E-state index is 0. The van der Waals surface area contributed by atoms with Crippen molar-refractivity contribution in [3.8, 4) is 0 Å². The van der Waals surface area contributed by atoms with E-state index in [0.717, 1.165) is 0 Å². The van der Waals surface area contributed by atoms with Crippen LogP contribution in [-0.2, 0) is 0 Å². The Bertz CT molecular complexity index is 80.6. The van der Waals surface area contributed by atoms with Crippen molar-refractivity contribution in [2.45, 2.75) is 59.3 Å². The Labute approximate surface area is 119 Å². The molecule has 0 saturated heterocycles. The summed E-state index contributed by atoms with van der Waals surface area (Å²) >= 11 is 0. The van der Waals surface area contributed by atoms with Gasteiger partial charge in [-0.25, -0.2) is 0 Å². The quantitative estimate of drug-likeness (QED) is 0.428. The molecule has 0 saturated carbocycles. The van der Waals surface area contributed by atoms with Gasteiger partial charge in [-0.1, -0.05) is 40.0 Å². The third-order valence-electron chi connectivity index (χ3n) is 2.48. The van der Waals surface area contributed by atoms with Crippen molar-refractivity contribution >= 4 is 41.5 Å². The zero-order chi connectivity index (χ0) is 9.94. The Morgan fingerprint density at radius 1 is 0.667 bits per heavy atom. The summed E-state index contributed by atoms with van der Waals surface area (Å²) in [5.74, 6) is 0. The van der Waals surface area contributed by atoms with E-state index in [9.17, 15) is 0 Å². The van der Waals surface area contributed by atoms with Crippen molar-refractivity contribution in [2.24, 2.45) is 0 Å². The van der Waals surface area contributed by atoms with Crippen LogP contribution >= 0.6 is 17.8 Å². The zero-order valence-electron chi connectivity index (χ0n) is 11.0. The third kappa shape index (κ3) is 15.6. The van der Waals surface area contributed by atoms with Gasteiger partial charge in [0.15, 0.2) is 0 Å². The van der Waals surface area contributed by atoms with Gasteiger partial charge in [0, 0.05) is 0 Å². The zero-order valence-corrected chi connectivity index (χ0v) is 16.2. The first-order chi connectivity index (χ1) is 6.35. The summed E-state index contributed by atoms with van der Waals surface area (Å²) in [7, 11) is 0.422. The van der Waals surface area contributed by atoms with E-state index >= 15 is 0 Å². The van der Waals surface area contributed by atoms with Crippen molar-refractivity contribution < 1.29 is 0 Å². The second kappa shape index (κ2) is 18.0. The second-order valence-corrected chi connectivity index (χ2v) is 6.59. The number of hydrogen-bond donors (Lipinski definition) is 0. The standard InChI is InChI=1S/C12H27P.H3P.H2Te/c1-4-7-10-13(11-8-5-2)12-9-6-3;;/h4-12H2,1-3H3;1H3;1H2. The van der Waals surface area contributed by atoms with Crippen molar-refractivity contribution in [1.29, 1.82) is 0 Å². The van der Waals surface area contributed by atoms with Gasteiger partial charge >= 0.3 is 23.7 Å². The van der Waals surface area contributed by atoms with Crippen LogP contribution < -0.4 is 0 Å². The maximum absolute atomic E-state index is 2.31. The molecule has 0 heterocycles. The number of unbranched alkanes of at least 4 members (excludes halogenated alkanes) is 3. The van der Waals surface area contributed by atoms with Crippen LogP contribution in [0.2, 0.25) is 0 Å². The molecule has 0 radical (unpaired) electrons. The molecule has 0 aromatic carbocycles. The second-order valence-electron chi connectivity index (χ2n) is 3.90. The van der Waals surface area contributed by atoms with E-state index in [1.165, 1.54) is 38.5 Å². The molecule has 0 nitrogen and oxygen atoms in total. The Morgan fingerprint density at radius 3 is 1.13 bits per heavy atom. The third-order valence-corrected chi connectivity index (χ3v) is 5.33. The monoisotopic (exact) mass is 368 g/mol. The van der Waals surface area contributed by atoms with Gasteiger partial charge in [0.2, 0.25) is 0 Å². The molecule has 96 valence electrons. The Hall–Kier alpha value is 1.65. The first-order valence-electron chi connectivity index (χ1n) is 6.07. The van der Waals surface area contributed by atoms with Gasteiger partial charge < -0.3 is 0 Å². The summed E-state index contributed by atoms with van der Waals surface area (Å²) < 4.78 is 0. The van der Waals surface area contributed by atoms with E-state index in [4.69, 9.17) is 0 Å². The maximum atomic E-state index is 2.31. The van der Waals surface area contributed by atoms with Crippen LogP contribution in [0.25, 0.3) is 0 Å². The topological polar surface area (TPSA) is 0 Å². The van der Waals surface area contributed by atoms with Gasteiger partial charge in [-0.3, -0.25) is 0 Å². The van der Waals surface area contributed by atoms with E-state index in [1.54, 1.807) is 18.5 Å². The van der Waals surface area contributed by atoms with E-state index in [0.29, 0.717) is 7.92 Å². The fourth-order valence-electron chi connectivity index (χ4n) is 1.48. The molecule has 1 atom stereocenters. The van der Waals surface area contributed by atoms with E-state index in [-0.39, 0.29) is 33.6 Å². The molecule has 0 amide bonds. The average molecular weight is 366 g/mol. The van der Waals surface area contributed by atoms with Gasteiger partial charge in [0.25, 0.3) is 0 Å². The Morgan fingerprint density at radius 2 is 0.933 bits per heavy atom. The SMILES string of the molecule is CCCCP(CCCC)CCCC.P.[TeH2]. The molecule has 0 rings (SSSR count). The van der Waals surface area contributed by atoms with Crippen LogP contribution in [0, 0.1) is 0 Å². The Kier molecular flexibility index (Phi) is 26.3. The minimum absolute atomic E-state index is 0. The molecule has 15 heavy (non-hydrogen) atoms. The number of hydrogen-bond acceptors (Lipinski definition) is 0. The van der Waals surface area contributed by atoms with Crippen LogP contribution in [0.1, 0.15) is 59.3 Å². The van der Waals surface area contributed by atoms with Crippen LogP contribution in [0.15, 0.2) is 0 Å². The summed E-state index contributed by atoms with van der Waals surface area (Å²) in [6.45, 7) is 6.94. The van der Waals surface area contributed by atoms with Crippen molar-refractivity contribution in [3.05, 3.63) is 0 Å². The molecule has 0 N–H and O–H groups in total. The van der Waals surface area contributed by atoms with Crippen molar-refractivity contribution in [1.82, 2.24) is 0 Å². The number of rotatable bonds is 9. The molecule has 0 aliphatic heterocycles. The summed E-state index contributed by atoms with van der Waals surface area (Å²) in [6.07, 6.45) is 13.2. The van der Waals surface area contributed by atoms with Gasteiger partial charge in [0.05, 0.1) is 0 Å². The fourth-order valence-corrected chi connectivity index (χ4v) is 4.44. The van der Waals surface area contributed by atoms with Crippen molar-refractivity contribution in [3.63, 3.8) is 0 Å². The summed E-state index contributed by atoms with van der Waals surface area (Å²) in [5, 5.41) is 0. The fraction of sp³-hybridized carbons (Fsp3) is 1.00. The molecular weight excluding hydrogens is 334 g/mol. The van der Waals surface area contributed by atoms with Crippen LogP contribution in [0.4, 0.5) is 0 Å². The van der Waals surface area contributed by atoms with Crippen molar-refractivity contribution in [2.75, 3.05) is 18.5 Å². The average Bonchev–Trinajstić information content (AvgIpc) is 2.17. The molecule has 3 heteroatoms. The molecular formula is C12H32P2Te. The van der Waals surface area contributed by atoms with Gasteiger partial charge in [0.1, 0.15) is 0 Å². The predicted octanol–water partition coefficient (Wildman–Crippen LogP) is 4.01. The Balaban J connectivity index is -0.000000720. The van der Waals surface area contributed by atoms with Gasteiger partial charge in [-0.2, -0.15) is 9.90 Å². The summed E-state index contributed by atoms with van der Waals surface area (Å²) in [6, 6.07) is 0. The van der Waals surface area contributed by atoms with Crippen LogP contribution in [0.3, 0.4) is 0 Å². The molecule has 1 unspecified atom stereocenters. The molecule has 0 aromatic rings. The molecule has 0 fully saturated rings. The summed E-state index contributed by atoms with van der Waals surface area (Å²) in [5.41, 5.74) is 0. The summed E-state index contributed by atoms with van der Waals surface area (Å²) in [4.78, 5) is 0. The molecule has 0 spiro atoms. The molecule has 0 bridgehead atoms. The van der Waals surface area contributed by atoms with E-state index in [2.05, 4.69) is 20.8 Å². The van der Waals surface area contributed by atoms with E-state index < -0.39 is 0 Å². The van der Waals surface area contributed by atoms with Gasteiger partial charge in [-0.05, 0) is 37.7 Å². The molecule has 0 aromatic heterocycles. The normalized spacial score (nSPS) is 9.60.